The molecule has 6 heteroatoms. The van der Waals surface area contributed by atoms with Crippen molar-refractivity contribution in [3.8, 4) is 11.5 Å². The lowest BCUT2D eigenvalue weighted by molar-refractivity contribution is -0.120. The van der Waals surface area contributed by atoms with Gasteiger partial charge in [-0.2, -0.15) is 0 Å². The van der Waals surface area contributed by atoms with Crippen molar-refractivity contribution < 1.29 is 19.1 Å². The van der Waals surface area contributed by atoms with E-state index < -0.39 is 11.8 Å². The van der Waals surface area contributed by atoms with E-state index in [1.54, 1.807) is 62.8 Å². The maximum atomic E-state index is 13.5. The van der Waals surface area contributed by atoms with Crippen LogP contribution in [-0.4, -0.2) is 26.0 Å². The number of carbonyl (C=O) groups is 2. The fourth-order valence-electron chi connectivity index (χ4n) is 3.60. The predicted molar refractivity (Wildman–Crippen MR) is 125 cm³/mol. The molecule has 2 amide bonds. The van der Waals surface area contributed by atoms with E-state index in [-0.39, 0.29) is 5.70 Å². The Bertz CT molecular complexity index is 1210. The first kappa shape index (κ1) is 21.2. The number of rotatable bonds is 6. The van der Waals surface area contributed by atoms with Crippen LogP contribution in [0.4, 0.5) is 11.4 Å². The van der Waals surface area contributed by atoms with Crippen LogP contribution >= 0.6 is 0 Å². The lowest BCUT2D eigenvalue weighted by Gasteiger charge is -2.16. The maximum Gasteiger partial charge on any atom is 0.282 e. The van der Waals surface area contributed by atoms with Crippen molar-refractivity contribution in [1.29, 1.82) is 0 Å². The number of carbonyl (C=O) groups excluding carboxylic acids is 2. The second kappa shape index (κ2) is 8.59. The molecular weight excluding hydrogens is 404 g/mol. The molecule has 0 radical (unpaired) electrons. The summed E-state index contributed by atoms with van der Waals surface area (Å²) in [6.07, 6.45) is 0. The molecule has 0 fully saturated rings. The average Bonchev–Trinajstić information content (AvgIpc) is 3.05. The van der Waals surface area contributed by atoms with Crippen LogP contribution < -0.4 is 19.7 Å². The molecule has 3 aromatic carbocycles. The molecule has 1 aliphatic heterocycles. The molecule has 1 N–H and O–H groups in total. The zero-order valence-electron chi connectivity index (χ0n) is 18.4. The van der Waals surface area contributed by atoms with Crippen LogP contribution in [0.2, 0.25) is 0 Å². The monoisotopic (exact) mass is 428 g/mol. The number of anilines is 2. The molecule has 0 saturated carbocycles. The minimum Gasteiger partial charge on any atom is -0.497 e. The third-order valence-corrected chi connectivity index (χ3v) is 5.57. The van der Waals surface area contributed by atoms with E-state index in [4.69, 9.17) is 9.47 Å². The van der Waals surface area contributed by atoms with Gasteiger partial charge in [0.05, 0.1) is 25.5 Å². The van der Waals surface area contributed by atoms with Crippen LogP contribution in [0.5, 0.6) is 11.5 Å². The van der Waals surface area contributed by atoms with Gasteiger partial charge < -0.3 is 14.8 Å². The van der Waals surface area contributed by atoms with Gasteiger partial charge in [0.25, 0.3) is 11.8 Å². The van der Waals surface area contributed by atoms with Gasteiger partial charge in [0.1, 0.15) is 17.2 Å². The fraction of sp³-hybridized carbons (Fsp3) is 0.154. The summed E-state index contributed by atoms with van der Waals surface area (Å²) >= 11 is 0. The summed E-state index contributed by atoms with van der Waals surface area (Å²) in [6, 6.07) is 19.8. The molecule has 4 rings (SSSR count). The molecule has 0 bridgehead atoms. The Morgan fingerprint density at radius 1 is 0.719 bits per heavy atom. The summed E-state index contributed by atoms with van der Waals surface area (Å²) in [7, 11) is 3.15. The van der Waals surface area contributed by atoms with E-state index in [1.165, 1.54) is 4.90 Å². The van der Waals surface area contributed by atoms with Crippen molar-refractivity contribution >= 4 is 28.8 Å². The van der Waals surface area contributed by atoms with Gasteiger partial charge in [0.2, 0.25) is 0 Å². The third kappa shape index (κ3) is 3.83. The fourth-order valence-corrected chi connectivity index (χ4v) is 3.60. The minimum atomic E-state index is -0.413. The molecule has 1 heterocycles. The normalized spacial score (nSPS) is 13.6. The summed E-state index contributed by atoms with van der Waals surface area (Å²) in [5.41, 5.74) is 4.63. The molecule has 6 nitrogen and oxygen atoms in total. The number of nitrogens with zero attached hydrogens (tertiary/aromatic N) is 1. The van der Waals surface area contributed by atoms with Crippen molar-refractivity contribution in [2.75, 3.05) is 24.4 Å². The van der Waals surface area contributed by atoms with Crippen molar-refractivity contribution in [2.24, 2.45) is 0 Å². The Morgan fingerprint density at radius 3 is 1.88 bits per heavy atom. The Hall–Kier alpha value is -4.06. The molecule has 0 aromatic heterocycles. The van der Waals surface area contributed by atoms with Crippen LogP contribution in [0.15, 0.2) is 72.4 Å². The maximum absolute atomic E-state index is 13.5. The molecular formula is C26H24N2O4. The van der Waals surface area contributed by atoms with Gasteiger partial charge in [0, 0.05) is 5.69 Å². The third-order valence-electron chi connectivity index (χ3n) is 5.57. The number of benzene rings is 3. The number of imide groups is 1. The highest BCUT2D eigenvalue weighted by atomic mass is 16.5. The first-order chi connectivity index (χ1) is 15.4. The summed E-state index contributed by atoms with van der Waals surface area (Å²) < 4.78 is 10.4. The summed E-state index contributed by atoms with van der Waals surface area (Å²) in [5.74, 6) is 0.507. The standard InChI is InChI=1S/C26H24N2O4/c1-16-5-8-19(15-17(16)2)27-24-23(18-6-11-21(31-3)12-7-18)25(29)28(26(24)30)20-9-13-22(32-4)14-10-20/h5-15,27H,1-4H3. The molecule has 162 valence electrons. The van der Waals surface area contributed by atoms with Gasteiger partial charge >= 0.3 is 0 Å². The van der Waals surface area contributed by atoms with E-state index in [2.05, 4.69) is 5.32 Å². The number of hydrogen-bond donors (Lipinski definition) is 1. The highest BCUT2D eigenvalue weighted by Gasteiger charge is 2.40. The Labute approximate surface area is 187 Å². The van der Waals surface area contributed by atoms with Crippen LogP contribution in [-0.2, 0) is 9.59 Å². The van der Waals surface area contributed by atoms with E-state index in [1.807, 2.05) is 32.0 Å². The van der Waals surface area contributed by atoms with Crippen LogP contribution in [0.3, 0.4) is 0 Å². The summed E-state index contributed by atoms with van der Waals surface area (Å²) in [6.45, 7) is 4.03. The first-order valence-corrected chi connectivity index (χ1v) is 10.2. The van der Waals surface area contributed by atoms with Crippen LogP contribution in [0, 0.1) is 13.8 Å². The minimum absolute atomic E-state index is 0.235. The number of nitrogens with one attached hydrogen (secondary N) is 1. The van der Waals surface area contributed by atoms with Crippen LogP contribution in [0.25, 0.3) is 5.57 Å². The number of methoxy groups -OCH3 is 2. The first-order valence-electron chi connectivity index (χ1n) is 10.2. The van der Waals surface area contributed by atoms with Gasteiger partial charge in [-0.05, 0) is 79.1 Å². The van der Waals surface area contributed by atoms with E-state index >= 15 is 0 Å². The lowest BCUT2D eigenvalue weighted by Crippen LogP contribution is -2.32. The number of aryl methyl sites for hydroxylation is 2. The van der Waals surface area contributed by atoms with Crippen molar-refractivity contribution in [1.82, 2.24) is 0 Å². The molecule has 32 heavy (non-hydrogen) atoms. The highest BCUT2D eigenvalue weighted by Crippen LogP contribution is 2.35. The Morgan fingerprint density at radius 2 is 1.31 bits per heavy atom. The average molecular weight is 428 g/mol. The Balaban J connectivity index is 1.79. The molecule has 0 atom stereocenters. The van der Waals surface area contributed by atoms with Gasteiger partial charge in [0.15, 0.2) is 0 Å². The number of amides is 2. The van der Waals surface area contributed by atoms with Gasteiger partial charge in [-0.15, -0.1) is 0 Å². The second-order valence-electron chi connectivity index (χ2n) is 7.55. The molecule has 0 spiro atoms. The quantitative estimate of drug-likeness (QED) is 0.576. The van der Waals surface area contributed by atoms with Crippen molar-refractivity contribution in [3.05, 3.63) is 89.1 Å². The predicted octanol–water partition coefficient (Wildman–Crippen LogP) is 4.72. The second-order valence-corrected chi connectivity index (χ2v) is 7.55. The summed E-state index contributed by atoms with van der Waals surface area (Å²) in [5, 5.41) is 3.20. The molecule has 0 unspecified atom stereocenters. The van der Waals surface area contributed by atoms with E-state index in [9.17, 15) is 9.59 Å². The zero-order chi connectivity index (χ0) is 22.8. The number of ether oxygens (including phenoxy) is 2. The van der Waals surface area contributed by atoms with Crippen molar-refractivity contribution in [2.45, 2.75) is 13.8 Å². The zero-order valence-corrected chi connectivity index (χ0v) is 18.4. The van der Waals surface area contributed by atoms with Crippen LogP contribution in [0.1, 0.15) is 16.7 Å². The highest BCUT2D eigenvalue weighted by molar-refractivity contribution is 6.46. The van der Waals surface area contributed by atoms with E-state index in [0.29, 0.717) is 28.3 Å². The van der Waals surface area contributed by atoms with Gasteiger partial charge in [-0.3, -0.25) is 9.59 Å². The van der Waals surface area contributed by atoms with Crippen molar-refractivity contribution in [3.63, 3.8) is 0 Å². The number of hydrogen-bond acceptors (Lipinski definition) is 5. The van der Waals surface area contributed by atoms with Gasteiger partial charge in [-0.25, -0.2) is 4.90 Å². The molecule has 0 saturated heterocycles. The van der Waals surface area contributed by atoms with E-state index in [0.717, 1.165) is 16.8 Å². The Kier molecular flexibility index (Phi) is 5.69. The van der Waals surface area contributed by atoms with Gasteiger partial charge in [-0.1, -0.05) is 18.2 Å². The molecule has 3 aromatic rings. The molecule has 1 aliphatic rings. The lowest BCUT2D eigenvalue weighted by atomic mass is 10.0. The smallest absolute Gasteiger partial charge is 0.282 e. The summed E-state index contributed by atoms with van der Waals surface area (Å²) in [4.78, 5) is 28.1. The molecule has 0 aliphatic carbocycles. The topological polar surface area (TPSA) is 67.9 Å². The SMILES string of the molecule is COc1ccc(C2=C(Nc3ccc(C)c(C)c3)C(=O)N(c3ccc(OC)cc3)C2=O)cc1. The largest absolute Gasteiger partial charge is 0.497 e.